The summed E-state index contributed by atoms with van der Waals surface area (Å²) in [5.41, 5.74) is 5.54. The first-order valence-electron chi connectivity index (χ1n) is 5.36. The predicted octanol–water partition coefficient (Wildman–Crippen LogP) is -0.374. The summed E-state index contributed by atoms with van der Waals surface area (Å²) in [6.45, 7) is 4.65. The Morgan fingerprint density at radius 2 is 2.25 bits per heavy atom. The lowest BCUT2D eigenvalue weighted by atomic mass is 10.3. The first kappa shape index (κ1) is 11.1. The van der Waals surface area contributed by atoms with E-state index in [4.69, 9.17) is 10.5 Å². The van der Waals surface area contributed by atoms with E-state index in [0.717, 1.165) is 13.1 Å². The number of rotatable bonds is 2. The molecule has 2 rings (SSSR count). The smallest absolute Gasteiger partial charge is 0.253 e. The normalized spacial score (nSPS) is 18.5. The minimum atomic E-state index is -0.270. The molecule has 1 aliphatic heterocycles. The van der Waals surface area contributed by atoms with Crippen LogP contribution in [0.2, 0.25) is 0 Å². The summed E-state index contributed by atoms with van der Waals surface area (Å²) in [5.74, 6) is 1.20. The van der Waals surface area contributed by atoms with Crippen LogP contribution in [0, 0.1) is 0 Å². The second-order valence-corrected chi connectivity index (χ2v) is 3.88. The first-order chi connectivity index (χ1) is 7.66. The van der Waals surface area contributed by atoms with Crippen molar-refractivity contribution in [3.05, 3.63) is 22.2 Å². The van der Waals surface area contributed by atoms with Gasteiger partial charge in [0, 0.05) is 19.2 Å². The number of nitrogens with one attached hydrogen (secondary N) is 1. The summed E-state index contributed by atoms with van der Waals surface area (Å²) < 4.78 is 5.25. The van der Waals surface area contributed by atoms with Crippen molar-refractivity contribution in [3.8, 4) is 0 Å². The van der Waals surface area contributed by atoms with E-state index in [0.29, 0.717) is 24.9 Å². The molecule has 0 aromatic carbocycles. The van der Waals surface area contributed by atoms with Crippen molar-refractivity contribution in [2.45, 2.75) is 13.0 Å². The number of aromatic nitrogens is 2. The molecule has 0 bridgehead atoms. The summed E-state index contributed by atoms with van der Waals surface area (Å²) in [6, 6.07) is 1.23. The molecule has 88 valence electrons. The minimum Gasteiger partial charge on any atom is -0.378 e. The van der Waals surface area contributed by atoms with E-state index >= 15 is 0 Å². The van der Waals surface area contributed by atoms with Gasteiger partial charge in [0.25, 0.3) is 5.56 Å². The highest BCUT2D eigenvalue weighted by molar-refractivity contribution is 5.38. The zero-order chi connectivity index (χ0) is 11.5. The maximum Gasteiger partial charge on any atom is 0.253 e. The van der Waals surface area contributed by atoms with Gasteiger partial charge in [0.2, 0.25) is 0 Å². The number of aromatic amines is 1. The van der Waals surface area contributed by atoms with Crippen LogP contribution in [0.5, 0.6) is 0 Å². The Bertz CT molecular complexity index is 410. The molecule has 6 nitrogen and oxygen atoms in total. The SMILES string of the molecule is CC(N)c1nc(N2CCOCC2)cc(=O)[nH]1. The van der Waals surface area contributed by atoms with Crippen LogP contribution in [0.25, 0.3) is 0 Å². The van der Waals surface area contributed by atoms with Crippen molar-refractivity contribution in [2.24, 2.45) is 5.73 Å². The van der Waals surface area contributed by atoms with Crippen molar-refractivity contribution in [2.75, 3.05) is 31.2 Å². The van der Waals surface area contributed by atoms with Gasteiger partial charge >= 0.3 is 0 Å². The van der Waals surface area contributed by atoms with E-state index < -0.39 is 0 Å². The monoisotopic (exact) mass is 224 g/mol. The molecule has 1 fully saturated rings. The van der Waals surface area contributed by atoms with Crippen LogP contribution in [-0.2, 0) is 4.74 Å². The van der Waals surface area contributed by atoms with E-state index in [2.05, 4.69) is 9.97 Å². The quantitative estimate of drug-likeness (QED) is 0.715. The van der Waals surface area contributed by atoms with Gasteiger partial charge in [-0.15, -0.1) is 0 Å². The van der Waals surface area contributed by atoms with Gasteiger partial charge in [0.1, 0.15) is 11.6 Å². The lowest BCUT2D eigenvalue weighted by molar-refractivity contribution is 0.122. The lowest BCUT2D eigenvalue weighted by Gasteiger charge is -2.27. The number of ether oxygens (including phenoxy) is 1. The van der Waals surface area contributed by atoms with Gasteiger partial charge in [-0.1, -0.05) is 0 Å². The number of H-pyrrole nitrogens is 1. The van der Waals surface area contributed by atoms with Crippen molar-refractivity contribution < 1.29 is 4.74 Å². The molecule has 0 aliphatic carbocycles. The van der Waals surface area contributed by atoms with Gasteiger partial charge < -0.3 is 20.4 Å². The lowest BCUT2D eigenvalue weighted by Crippen LogP contribution is -2.37. The molecule has 6 heteroatoms. The Labute approximate surface area is 93.4 Å². The first-order valence-corrected chi connectivity index (χ1v) is 5.36. The maximum absolute atomic E-state index is 11.4. The standard InChI is InChI=1S/C10H16N4O2/c1-7(11)10-12-8(6-9(15)13-10)14-2-4-16-5-3-14/h6-7H,2-5,11H2,1H3,(H,12,13,15). The average Bonchev–Trinajstić information content (AvgIpc) is 2.29. The van der Waals surface area contributed by atoms with Crippen LogP contribution in [0.1, 0.15) is 18.8 Å². The Morgan fingerprint density at radius 1 is 1.56 bits per heavy atom. The van der Waals surface area contributed by atoms with Crippen molar-refractivity contribution >= 4 is 5.82 Å². The van der Waals surface area contributed by atoms with Gasteiger partial charge in [-0.2, -0.15) is 0 Å². The molecule has 1 unspecified atom stereocenters. The molecule has 0 radical (unpaired) electrons. The maximum atomic E-state index is 11.4. The van der Waals surface area contributed by atoms with Crippen molar-refractivity contribution in [3.63, 3.8) is 0 Å². The zero-order valence-corrected chi connectivity index (χ0v) is 9.27. The number of nitrogens with two attached hydrogens (primary N) is 1. The van der Waals surface area contributed by atoms with Gasteiger partial charge in [-0.25, -0.2) is 4.98 Å². The fraction of sp³-hybridized carbons (Fsp3) is 0.600. The molecule has 1 atom stereocenters. The highest BCUT2D eigenvalue weighted by Gasteiger charge is 2.14. The van der Waals surface area contributed by atoms with E-state index in [-0.39, 0.29) is 11.6 Å². The molecule has 1 aromatic heterocycles. The summed E-state index contributed by atoms with van der Waals surface area (Å²) in [5, 5.41) is 0. The highest BCUT2D eigenvalue weighted by atomic mass is 16.5. The number of hydrogen-bond acceptors (Lipinski definition) is 5. The van der Waals surface area contributed by atoms with Crippen LogP contribution >= 0.6 is 0 Å². The summed E-state index contributed by atoms with van der Waals surface area (Å²) >= 11 is 0. The summed E-state index contributed by atoms with van der Waals surface area (Å²) in [4.78, 5) is 20.5. The second kappa shape index (κ2) is 4.63. The van der Waals surface area contributed by atoms with Crippen LogP contribution in [0.4, 0.5) is 5.82 Å². The molecule has 3 N–H and O–H groups in total. The molecule has 0 saturated carbocycles. The third-order valence-electron chi connectivity index (χ3n) is 2.51. The number of morpholine rings is 1. The molecule has 16 heavy (non-hydrogen) atoms. The van der Waals surface area contributed by atoms with Gasteiger partial charge in [-0.3, -0.25) is 4.79 Å². The van der Waals surface area contributed by atoms with Crippen LogP contribution in [-0.4, -0.2) is 36.3 Å². The molecule has 1 aliphatic rings. The Kier molecular flexibility index (Phi) is 3.21. The Balaban J connectivity index is 2.29. The average molecular weight is 224 g/mol. The Hall–Kier alpha value is -1.40. The third-order valence-corrected chi connectivity index (χ3v) is 2.51. The zero-order valence-electron chi connectivity index (χ0n) is 9.27. The number of anilines is 1. The molecular formula is C10H16N4O2. The van der Waals surface area contributed by atoms with Gasteiger partial charge in [0.05, 0.1) is 19.3 Å². The minimum absolute atomic E-state index is 0.163. The fourth-order valence-corrected chi connectivity index (χ4v) is 1.63. The second-order valence-electron chi connectivity index (χ2n) is 3.88. The largest absolute Gasteiger partial charge is 0.378 e. The Morgan fingerprint density at radius 3 is 2.88 bits per heavy atom. The van der Waals surface area contributed by atoms with Crippen LogP contribution < -0.4 is 16.2 Å². The van der Waals surface area contributed by atoms with E-state index in [1.165, 1.54) is 6.07 Å². The molecular weight excluding hydrogens is 208 g/mol. The third kappa shape index (κ3) is 2.40. The summed E-state index contributed by atoms with van der Waals surface area (Å²) in [7, 11) is 0. The summed E-state index contributed by atoms with van der Waals surface area (Å²) in [6.07, 6.45) is 0. The van der Waals surface area contributed by atoms with Gasteiger partial charge in [-0.05, 0) is 6.92 Å². The number of nitrogens with zero attached hydrogens (tertiary/aromatic N) is 2. The van der Waals surface area contributed by atoms with E-state index in [9.17, 15) is 4.79 Å². The predicted molar refractivity (Wildman–Crippen MR) is 60.5 cm³/mol. The molecule has 0 spiro atoms. The number of hydrogen-bond donors (Lipinski definition) is 2. The highest BCUT2D eigenvalue weighted by Crippen LogP contribution is 2.12. The molecule has 2 heterocycles. The van der Waals surface area contributed by atoms with Crippen molar-refractivity contribution in [1.29, 1.82) is 0 Å². The molecule has 1 aromatic rings. The van der Waals surface area contributed by atoms with Crippen molar-refractivity contribution in [1.82, 2.24) is 9.97 Å². The van der Waals surface area contributed by atoms with Crippen LogP contribution in [0.15, 0.2) is 10.9 Å². The van der Waals surface area contributed by atoms with E-state index in [1.807, 2.05) is 4.90 Å². The fourth-order valence-electron chi connectivity index (χ4n) is 1.63. The molecule has 1 saturated heterocycles. The topological polar surface area (TPSA) is 84.2 Å². The van der Waals surface area contributed by atoms with E-state index in [1.54, 1.807) is 6.92 Å². The molecule has 0 amide bonds. The van der Waals surface area contributed by atoms with Gasteiger partial charge in [0.15, 0.2) is 0 Å². The van der Waals surface area contributed by atoms with Crippen LogP contribution in [0.3, 0.4) is 0 Å².